The second-order valence-corrected chi connectivity index (χ2v) is 5.63. The average Bonchev–Trinajstić information content (AvgIpc) is 2.44. The molecule has 0 aliphatic carbocycles. The molecule has 110 valence electrons. The minimum atomic E-state index is -0.699. The summed E-state index contributed by atoms with van der Waals surface area (Å²) in [5.74, 6) is 0.489. The summed E-state index contributed by atoms with van der Waals surface area (Å²) in [5, 5.41) is 11.1. The fourth-order valence-corrected chi connectivity index (χ4v) is 3.07. The molecule has 2 aromatic rings. The highest BCUT2D eigenvalue weighted by atomic mass is 16.5. The van der Waals surface area contributed by atoms with Gasteiger partial charge in [-0.1, -0.05) is 30.3 Å². The van der Waals surface area contributed by atoms with Crippen LogP contribution in [0.5, 0.6) is 5.75 Å². The van der Waals surface area contributed by atoms with Gasteiger partial charge in [-0.15, -0.1) is 0 Å². The molecule has 3 rings (SSSR count). The van der Waals surface area contributed by atoms with E-state index < -0.39 is 5.97 Å². The zero-order chi connectivity index (χ0) is 14.8. The number of ether oxygens (including phenoxy) is 1. The van der Waals surface area contributed by atoms with E-state index in [2.05, 4.69) is 23.1 Å². The predicted octanol–water partition coefficient (Wildman–Crippen LogP) is 2.75. The van der Waals surface area contributed by atoms with E-state index in [1.54, 1.807) is 7.11 Å². The molecule has 1 N–H and O–H groups in total. The lowest BCUT2D eigenvalue weighted by atomic mass is 9.94. The summed E-state index contributed by atoms with van der Waals surface area (Å²) in [6.07, 6.45) is 0.278. The Kier molecular flexibility index (Phi) is 3.80. The van der Waals surface area contributed by atoms with E-state index in [0.717, 1.165) is 30.8 Å². The van der Waals surface area contributed by atoms with Crippen LogP contribution in [-0.2, 0) is 11.3 Å². The first-order valence-electron chi connectivity index (χ1n) is 7.16. The highest BCUT2D eigenvalue weighted by Gasteiger charge is 2.28. The Morgan fingerprint density at radius 1 is 1.24 bits per heavy atom. The van der Waals surface area contributed by atoms with Crippen molar-refractivity contribution < 1.29 is 14.6 Å². The van der Waals surface area contributed by atoms with Crippen molar-refractivity contribution in [3.05, 3.63) is 42.0 Å². The van der Waals surface area contributed by atoms with Gasteiger partial charge in [0.25, 0.3) is 0 Å². The van der Waals surface area contributed by atoms with Crippen molar-refractivity contribution in [3.63, 3.8) is 0 Å². The van der Waals surface area contributed by atoms with Gasteiger partial charge in [0.2, 0.25) is 0 Å². The summed E-state index contributed by atoms with van der Waals surface area (Å²) in [6.45, 7) is 2.60. The summed E-state index contributed by atoms with van der Waals surface area (Å²) in [6, 6.07) is 12.3. The Labute approximate surface area is 123 Å². The maximum atomic E-state index is 10.7. The van der Waals surface area contributed by atoms with Gasteiger partial charge in [0, 0.05) is 25.0 Å². The third kappa shape index (κ3) is 2.85. The Balaban J connectivity index is 1.75. The van der Waals surface area contributed by atoms with Crippen molar-refractivity contribution in [3.8, 4) is 5.75 Å². The number of benzene rings is 2. The van der Waals surface area contributed by atoms with Gasteiger partial charge >= 0.3 is 5.97 Å². The molecule has 0 saturated carbocycles. The third-order valence-corrected chi connectivity index (χ3v) is 4.08. The molecule has 0 atom stereocenters. The van der Waals surface area contributed by atoms with E-state index in [0.29, 0.717) is 5.92 Å². The van der Waals surface area contributed by atoms with Gasteiger partial charge in [-0.3, -0.25) is 9.69 Å². The largest absolute Gasteiger partial charge is 0.496 e. The Morgan fingerprint density at radius 3 is 2.62 bits per heavy atom. The molecule has 1 aliphatic rings. The molecular weight excluding hydrogens is 266 g/mol. The fraction of sp³-hybridized carbons (Fsp3) is 0.353. The number of carboxylic acids is 1. The quantitative estimate of drug-likeness (QED) is 0.917. The average molecular weight is 285 g/mol. The van der Waals surface area contributed by atoms with Crippen LogP contribution >= 0.6 is 0 Å². The van der Waals surface area contributed by atoms with Gasteiger partial charge in [0.1, 0.15) is 5.75 Å². The number of carbonyl (C=O) groups is 1. The van der Waals surface area contributed by atoms with Crippen LogP contribution in [0.1, 0.15) is 12.0 Å². The van der Waals surface area contributed by atoms with Crippen molar-refractivity contribution in [2.45, 2.75) is 13.0 Å². The molecule has 4 nitrogen and oxygen atoms in total. The molecule has 4 heteroatoms. The topological polar surface area (TPSA) is 49.8 Å². The number of hydrogen-bond donors (Lipinski definition) is 1. The smallest absolute Gasteiger partial charge is 0.303 e. The summed E-state index contributed by atoms with van der Waals surface area (Å²) >= 11 is 0. The maximum Gasteiger partial charge on any atom is 0.303 e. The molecule has 0 aromatic heterocycles. The molecule has 1 aliphatic heterocycles. The lowest BCUT2D eigenvalue weighted by Gasteiger charge is -2.38. The van der Waals surface area contributed by atoms with Gasteiger partial charge in [0.05, 0.1) is 13.5 Å². The molecule has 2 aromatic carbocycles. The number of aliphatic carboxylic acids is 1. The number of carboxylic acid groups (broad SMARTS) is 1. The van der Waals surface area contributed by atoms with Crippen molar-refractivity contribution in [1.82, 2.24) is 4.90 Å². The highest BCUT2D eigenvalue weighted by Crippen LogP contribution is 2.30. The summed E-state index contributed by atoms with van der Waals surface area (Å²) in [4.78, 5) is 13.0. The first-order chi connectivity index (χ1) is 10.2. The van der Waals surface area contributed by atoms with Crippen LogP contribution in [-0.4, -0.2) is 36.2 Å². The second kappa shape index (κ2) is 5.74. The minimum Gasteiger partial charge on any atom is -0.496 e. The normalized spacial score (nSPS) is 15.9. The summed E-state index contributed by atoms with van der Waals surface area (Å²) in [5.41, 5.74) is 1.26. The monoisotopic (exact) mass is 285 g/mol. The van der Waals surface area contributed by atoms with Crippen LogP contribution < -0.4 is 4.74 Å². The van der Waals surface area contributed by atoms with E-state index in [4.69, 9.17) is 9.84 Å². The predicted molar refractivity (Wildman–Crippen MR) is 81.5 cm³/mol. The number of rotatable bonds is 5. The second-order valence-electron chi connectivity index (χ2n) is 5.63. The van der Waals surface area contributed by atoms with Crippen LogP contribution in [0.3, 0.4) is 0 Å². The van der Waals surface area contributed by atoms with Crippen molar-refractivity contribution in [1.29, 1.82) is 0 Å². The van der Waals surface area contributed by atoms with Crippen molar-refractivity contribution in [2.24, 2.45) is 5.92 Å². The zero-order valence-electron chi connectivity index (χ0n) is 12.1. The van der Waals surface area contributed by atoms with Gasteiger partial charge in [-0.2, -0.15) is 0 Å². The zero-order valence-corrected chi connectivity index (χ0v) is 12.1. The standard InChI is InChI=1S/C17H19NO3/c1-21-16-7-6-13(14-4-2-3-5-15(14)16)11-18-9-12(10-18)8-17(19)20/h2-7,12H,8-11H2,1H3,(H,19,20). The molecule has 21 heavy (non-hydrogen) atoms. The molecular formula is C17H19NO3. The number of hydrogen-bond acceptors (Lipinski definition) is 3. The molecule has 0 unspecified atom stereocenters. The molecule has 0 amide bonds. The number of methoxy groups -OCH3 is 1. The van der Waals surface area contributed by atoms with E-state index >= 15 is 0 Å². The number of nitrogens with zero attached hydrogens (tertiary/aromatic N) is 1. The van der Waals surface area contributed by atoms with Crippen LogP contribution in [0.15, 0.2) is 36.4 Å². The molecule has 1 heterocycles. The first kappa shape index (κ1) is 13.9. The van der Waals surface area contributed by atoms with E-state index in [-0.39, 0.29) is 6.42 Å². The van der Waals surface area contributed by atoms with Gasteiger partial charge in [-0.25, -0.2) is 0 Å². The molecule has 1 fully saturated rings. The molecule has 0 bridgehead atoms. The Bertz CT molecular complexity index is 662. The molecule has 0 radical (unpaired) electrons. The molecule has 0 spiro atoms. The van der Waals surface area contributed by atoms with E-state index in [1.807, 2.05) is 18.2 Å². The lowest BCUT2D eigenvalue weighted by molar-refractivity contribution is -0.139. The maximum absolute atomic E-state index is 10.7. The SMILES string of the molecule is COc1ccc(CN2CC(CC(=O)O)C2)c2ccccc12. The van der Waals surface area contributed by atoms with Crippen LogP contribution in [0.2, 0.25) is 0 Å². The van der Waals surface area contributed by atoms with Crippen molar-refractivity contribution in [2.75, 3.05) is 20.2 Å². The van der Waals surface area contributed by atoms with Crippen LogP contribution in [0.25, 0.3) is 10.8 Å². The van der Waals surface area contributed by atoms with Gasteiger partial charge in [0.15, 0.2) is 0 Å². The van der Waals surface area contributed by atoms with Crippen LogP contribution in [0.4, 0.5) is 0 Å². The van der Waals surface area contributed by atoms with Crippen LogP contribution in [0, 0.1) is 5.92 Å². The summed E-state index contributed by atoms with van der Waals surface area (Å²) < 4.78 is 5.41. The number of fused-ring (bicyclic) bond motifs is 1. The third-order valence-electron chi connectivity index (χ3n) is 4.08. The van der Waals surface area contributed by atoms with E-state index in [1.165, 1.54) is 10.9 Å². The number of likely N-dealkylation sites (tertiary alicyclic amines) is 1. The van der Waals surface area contributed by atoms with E-state index in [9.17, 15) is 4.79 Å². The first-order valence-corrected chi connectivity index (χ1v) is 7.16. The van der Waals surface area contributed by atoms with Gasteiger partial charge in [-0.05, 0) is 22.9 Å². The Morgan fingerprint density at radius 2 is 1.95 bits per heavy atom. The fourth-order valence-electron chi connectivity index (χ4n) is 3.07. The Hall–Kier alpha value is -2.07. The van der Waals surface area contributed by atoms with Gasteiger partial charge < -0.3 is 9.84 Å². The lowest BCUT2D eigenvalue weighted by Crippen LogP contribution is -2.46. The van der Waals surface area contributed by atoms with Crippen molar-refractivity contribution >= 4 is 16.7 Å². The highest BCUT2D eigenvalue weighted by molar-refractivity contribution is 5.91. The summed E-state index contributed by atoms with van der Waals surface area (Å²) in [7, 11) is 1.69. The molecule has 1 saturated heterocycles. The minimum absolute atomic E-state index is 0.278.